The van der Waals surface area contributed by atoms with E-state index in [9.17, 15) is 4.79 Å². The molecule has 3 aromatic rings. The van der Waals surface area contributed by atoms with Crippen LogP contribution in [0.3, 0.4) is 0 Å². The van der Waals surface area contributed by atoms with Crippen LogP contribution in [0.5, 0.6) is 0 Å². The Hall–Kier alpha value is -3.28. The molecule has 6 nitrogen and oxygen atoms in total. The molecule has 3 rings (SSSR count). The van der Waals surface area contributed by atoms with Crippen molar-refractivity contribution in [3.05, 3.63) is 77.4 Å². The van der Waals surface area contributed by atoms with Crippen molar-refractivity contribution in [2.75, 3.05) is 5.32 Å². The molecule has 0 spiro atoms. The summed E-state index contributed by atoms with van der Waals surface area (Å²) < 4.78 is 0. The average molecular weight is 361 g/mol. The highest BCUT2D eigenvalue weighted by Crippen LogP contribution is 2.25. The SMILES string of the molecule is CCc1cccc(CC)c1Nc1nccc(C(=O)NCc2ccccn2)n1. The number of aryl methyl sites for hydroxylation is 2. The van der Waals surface area contributed by atoms with Gasteiger partial charge >= 0.3 is 0 Å². The molecular formula is C21H23N5O. The second-order valence-electron chi connectivity index (χ2n) is 6.05. The van der Waals surface area contributed by atoms with Crippen LogP contribution in [0.2, 0.25) is 0 Å². The molecule has 0 unspecified atom stereocenters. The van der Waals surface area contributed by atoms with E-state index in [1.165, 1.54) is 11.1 Å². The summed E-state index contributed by atoms with van der Waals surface area (Å²) in [5.74, 6) is 0.154. The summed E-state index contributed by atoms with van der Waals surface area (Å²) in [6.07, 6.45) is 5.09. The standard InChI is InChI=1S/C21H23N5O/c1-3-15-8-7-9-16(4-2)19(15)26-21-23-13-11-18(25-21)20(27)24-14-17-10-5-6-12-22-17/h5-13H,3-4,14H2,1-2H3,(H,24,27)(H,23,25,26). The Morgan fingerprint density at radius 1 is 0.926 bits per heavy atom. The molecule has 1 amide bonds. The normalized spacial score (nSPS) is 10.4. The van der Waals surface area contributed by atoms with E-state index < -0.39 is 0 Å². The van der Waals surface area contributed by atoms with Gasteiger partial charge in [0.2, 0.25) is 5.95 Å². The molecule has 2 N–H and O–H groups in total. The molecule has 27 heavy (non-hydrogen) atoms. The Morgan fingerprint density at radius 3 is 2.37 bits per heavy atom. The summed E-state index contributed by atoms with van der Waals surface area (Å²) in [7, 11) is 0. The third-order valence-corrected chi connectivity index (χ3v) is 4.28. The highest BCUT2D eigenvalue weighted by Gasteiger charge is 2.11. The molecule has 0 aliphatic carbocycles. The van der Waals surface area contributed by atoms with Crippen LogP contribution in [0.1, 0.15) is 41.2 Å². The van der Waals surface area contributed by atoms with E-state index in [0.717, 1.165) is 24.2 Å². The largest absolute Gasteiger partial charge is 0.345 e. The number of anilines is 2. The van der Waals surface area contributed by atoms with Crippen LogP contribution in [0.15, 0.2) is 54.9 Å². The number of rotatable bonds is 7. The minimum absolute atomic E-state index is 0.259. The quantitative estimate of drug-likeness (QED) is 0.671. The fourth-order valence-electron chi connectivity index (χ4n) is 2.82. The number of amides is 1. The molecule has 2 heterocycles. The van der Waals surface area contributed by atoms with Crippen LogP contribution in [-0.2, 0) is 19.4 Å². The van der Waals surface area contributed by atoms with E-state index >= 15 is 0 Å². The van der Waals surface area contributed by atoms with Crippen molar-refractivity contribution >= 4 is 17.5 Å². The van der Waals surface area contributed by atoms with Gasteiger partial charge in [-0.05, 0) is 42.2 Å². The maximum atomic E-state index is 12.4. The second-order valence-corrected chi connectivity index (χ2v) is 6.05. The fourth-order valence-corrected chi connectivity index (χ4v) is 2.82. The molecule has 0 bridgehead atoms. The van der Waals surface area contributed by atoms with Gasteiger partial charge in [-0.15, -0.1) is 0 Å². The molecule has 2 aromatic heterocycles. The van der Waals surface area contributed by atoms with Crippen molar-refractivity contribution in [2.45, 2.75) is 33.2 Å². The molecule has 0 atom stereocenters. The van der Waals surface area contributed by atoms with Gasteiger partial charge in [0, 0.05) is 18.1 Å². The van der Waals surface area contributed by atoms with Gasteiger partial charge in [0.25, 0.3) is 5.91 Å². The number of carbonyl (C=O) groups is 1. The number of carbonyl (C=O) groups excluding carboxylic acids is 1. The van der Waals surface area contributed by atoms with Crippen LogP contribution in [0.4, 0.5) is 11.6 Å². The van der Waals surface area contributed by atoms with E-state index in [4.69, 9.17) is 0 Å². The van der Waals surface area contributed by atoms with Gasteiger partial charge in [0.1, 0.15) is 5.69 Å². The molecule has 0 aliphatic heterocycles. The van der Waals surface area contributed by atoms with E-state index in [0.29, 0.717) is 18.2 Å². The molecule has 6 heteroatoms. The molecule has 0 saturated carbocycles. The molecular weight excluding hydrogens is 338 g/mol. The summed E-state index contributed by atoms with van der Waals surface area (Å²) >= 11 is 0. The minimum Gasteiger partial charge on any atom is -0.345 e. The lowest BCUT2D eigenvalue weighted by molar-refractivity contribution is 0.0945. The number of nitrogens with one attached hydrogen (secondary N) is 2. The lowest BCUT2D eigenvalue weighted by Gasteiger charge is -2.14. The summed E-state index contributed by atoms with van der Waals surface area (Å²) in [6, 6.07) is 13.4. The highest BCUT2D eigenvalue weighted by molar-refractivity contribution is 5.92. The smallest absolute Gasteiger partial charge is 0.270 e. The average Bonchev–Trinajstić information content (AvgIpc) is 2.73. The first kappa shape index (κ1) is 18.5. The Labute approximate surface area is 159 Å². The third-order valence-electron chi connectivity index (χ3n) is 4.28. The van der Waals surface area contributed by atoms with Gasteiger partial charge in [-0.2, -0.15) is 0 Å². The van der Waals surface area contributed by atoms with Gasteiger partial charge in [0.05, 0.1) is 12.2 Å². The van der Waals surface area contributed by atoms with Gasteiger partial charge < -0.3 is 10.6 Å². The molecule has 0 fully saturated rings. The first-order valence-corrected chi connectivity index (χ1v) is 9.10. The third kappa shape index (κ3) is 4.67. The van der Waals surface area contributed by atoms with Crippen LogP contribution in [-0.4, -0.2) is 20.9 Å². The van der Waals surface area contributed by atoms with Crippen molar-refractivity contribution in [3.8, 4) is 0 Å². The zero-order valence-electron chi connectivity index (χ0n) is 15.6. The maximum Gasteiger partial charge on any atom is 0.270 e. The number of pyridine rings is 1. The topological polar surface area (TPSA) is 79.8 Å². The number of hydrogen-bond acceptors (Lipinski definition) is 5. The van der Waals surface area contributed by atoms with E-state index in [1.54, 1.807) is 18.5 Å². The monoisotopic (exact) mass is 361 g/mol. The summed E-state index contributed by atoms with van der Waals surface area (Å²) in [5, 5.41) is 6.13. The molecule has 138 valence electrons. The van der Waals surface area contributed by atoms with Crippen molar-refractivity contribution in [1.29, 1.82) is 0 Å². The molecule has 0 radical (unpaired) electrons. The second kappa shape index (κ2) is 8.89. The Morgan fingerprint density at radius 2 is 1.70 bits per heavy atom. The summed E-state index contributed by atoms with van der Waals surface area (Å²) in [6.45, 7) is 4.58. The van der Waals surface area contributed by atoms with Gasteiger partial charge in [-0.3, -0.25) is 9.78 Å². The Bertz CT molecular complexity index is 889. The van der Waals surface area contributed by atoms with Crippen molar-refractivity contribution in [2.24, 2.45) is 0 Å². The number of nitrogens with zero attached hydrogens (tertiary/aromatic N) is 3. The van der Waals surface area contributed by atoms with Crippen molar-refractivity contribution in [1.82, 2.24) is 20.3 Å². The Balaban J connectivity index is 1.75. The lowest BCUT2D eigenvalue weighted by Crippen LogP contribution is -2.24. The first-order chi connectivity index (χ1) is 13.2. The van der Waals surface area contributed by atoms with Gasteiger partial charge in [-0.25, -0.2) is 9.97 Å². The van der Waals surface area contributed by atoms with Crippen LogP contribution in [0, 0.1) is 0 Å². The predicted molar refractivity (Wildman–Crippen MR) is 106 cm³/mol. The van der Waals surface area contributed by atoms with E-state index in [1.807, 2.05) is 18.2 Å². The van der Waals surface area contributed by atoms with Crippen LogP contribution < -0.4 is 10.6 Å². The molecule has 0 aliphatic rings. The fraction of sp³-hybridized carbons (Fsp3) is 0.238. The van der Waals surface area contributed by atoms with E-state index in [-0.39, 0.29) is 5.91 Å². The summed E-state index contributed by atoms with van der Waals surface area (Å²) in [5.41, 5.74) is 4.53. The van der Waals surface area contributed by atoms with Crippen molar-refractivity contribution in [3.63, 3.8) is 0 Å². The predicted octanol–water partition coefficient (Wildman–Crippen LogP) is 3.67. The van der Waals surface area contributed by atoms with Gasteiger partial charge in [0.15, 0.2) is 0 Å². The summed E-state index contributed by atoms with van der Waals surface area (Å²) in [4.78, 5) is 25.3. The van der Waals surface area contributed by atoms with Crippen LogP contribution >= 0.6 is 0 Å². The number of aromatic nitrogens is 3. The number of hydrogen-bond donors (Lipinski definition) is 2. The zero-order chi connectivity index (χ0) is 19.1. The minimum atomic E-state index is -0.259. The lowest BCUT2D eigenvalue weighted by atomic mass is 10.0. The van der Waals surface area contributed by atoms with Crippen LogP contribution in [0.25, 0.3) is 0 Å². The van der Waals surface area contributed by atoms with Gasteiger partial charge in [-0.1, -0.05) is 38.1 Å². The van der Waals surface area contributed by atoms with Crippen molar-refractivity contribution < 1.29 is 4.79 Å². The molecule has 0 saturated heterocycles. The first-order valence-electron chi connectivity index (χ1n) is 9.10. The number of benzene rings is 1. The Kier molecular flexibility index (Phi) is 6.10. The molecule has 1 aromatic carbocycles. The maximum absolute atomic E-state index is 12.4. The highest BCUT2D eigenvalue weighted by atomic mass is 16.1. The zero-order valence-corrected chi connectivity index (χ0v) is 15.6. The number of para-hydroxylation sites is 1. The van der Waals surface area contributed by atoms with E-state index in [2.05, 4.69) is 57.6 Å².